The summed E-state index contributed by atoms with van der Waals surface area (Å²) in [6, 6.07) is 0. The average molecular weight is 174 g/mol. The van der Waals surface area contributed by atoms with Crippen molar-refractivity contribution in [2.24, 2.45) is 0 Å². The molecule has 0 bridgehead atoms. The number of rotatable bonds is 4. The average Bonchev–Trinajstić information content (AvgIpc) is 1.98. The lowest BCUT2D eigenvalue weighted by atomic mass is 10.6. The van der Waals surface area contributed by atoms with Crippen LogP contribution in [0.3, 0.4) is 0 Å². The minimum absolute atomic E-state index is 0.677. The third kappa shape index (κ3) is 3.95. The number of hydrogen-bond donors (Lipinski definition) is 1. The van der Waals surface area contributed by atoms with Gasteiger partial charge in [-0.3, -0.25) is 0 Å². The molecule has 0 aromatic carbocycles. The molecule has 0 saturated heterocycles. The van der Waals surface area contributed by atoms with Gasteiger partial charge >= 0.3 is 0 Å². The van der Waals surface area contributed by atoms with Crippen molar-refractivity contribution < 1.29 is 4.55 Å². The van der Waals surface area contributed by atoms with Crippen molar-refractivity contribution in [1.82, 2.24) is 9.80 Å². The van der Waals surface area contributed by atoms with Gasteiger partial charge in [0.2, 0.25) is 0 Å². The van der Waals surface area contributed by atoms with Crippen molar-refractivity contribution in [2.75, 3.05) is 21.1 Å². The van der Waals surface area contributed by atoms with Crippen LogP contribution in [0.15, 0.2) is 24.0 Å². The highest BCUT2D eigenvalue weighted by Crippen LogP contribution is 2.03. The molecule has 1 N–H and O–H groups in total. The second-order valence-electron chi connectivity index (χ2n) is 2.31. The lowest BCUT2D eigenvalue weighted by Gasteiger charge is -2.23. The highest BCUT2D eigenvalue weighted by atomic mass is 32.2. The van der Waals surface area contributed by atoms with Crippen LogP contribution in [-0.4, -0.2) is 35.5 Å². The van der Waals surface area contributed by atoms with E-state index in [0.717, 1.165) is 5.82 Å². The van der Waals surface area contributed by atoms with Crippen molar-refractivity contribution in [2.45, 2.75) is 0 Å². The molecule has 64 valence electrons. The molecule has 0 fully saturated rings. The van der Waals surface area contributed by atoms with Crippen molar-refractivity contribution in [3.05, 3.63) is 24.0 Å². The Labute approximate surface area is 72.2 Å². The van der Waals surface area contributed by atoms with E-state index in [1.807, 2.05) is 30.9 Å². The molecule has 0 aromatic rings. The molecule has 0 spiro atoms. The van der Waals surface area contributed by atoms with Crippen LogP contribution in [0.4, 0.5) is 0 Å². The molecule has 11 heavy (non-hydrogen) atoms. The predicted molar refractivity (Wildman–Crippen MR) is 49.9 cm³/mol. The molecule has 0 aliphatic heterocycles. The van der Waals surface area contributed by atoms with E-state index in [1.54, 1.807) is 11.6 Å². The van der Waals surface area contributed by atoms with Crippen molar-refractivity contribution in [1.29, 1.82) is 0 Å². The Hall–Kier alpha value is -0.610. The van der Waals surface area contributed by atoms with Gasteiger partial charge in [0.15, 0.2) is 0 Å². The monoisotopic (exact) mass is 174 g/mol. The summed E-state index contributed by atoms with van der Waals surface area (Å²) in [7, 11) is 5.70. The predicted octanol–water partition coefficient (Wildman–Crippen LogP) is 1.63. The van der Waals surface area contributed by atoms with E-state index in [0.29, 0.717) is 12.0 Å². The van der Waals surface area contributed by atoms with Crippen molar-refractivity contribution >= 4 is 12.0 Å². The summed E-state index contributed by atoms with van der Waals surface area (Å²) in [6.45, 7) is 3.82. The van der Waals surface area contributed by atoms with E-state index in [4.69, 9.17) is 4.55 Å². The molecule has 0 unspecified atom stereocenters. The maximum Gasteiger partial charge on any atom is 0.0997 e. The largest absolute Gasteiger partial charge is 0.365 e. The molecule has 0 aliphatic rings. The van der Waals surface area contributed by atoms with Gasteiger partial charge < -0.3 is 14.4 Å². The fraction of sp³-hybridized carbons (Fsp3) is 0.429. The van der Waals surface area contributed by atoms with E-state index in [9.17, 15) is 0 Å². The Kier molecular flexibility index (Phi) is 4.81. The van der Waals surface area contributed by atoms with Gasteiger partial charge in [0.25, 0.3) is 0 Å². The first-order valence-corrected chi connectivity index (χ1v) is 3.99. The lowest BCUT2D eigenvalue weighted by molar-refractivity contribution is 0.370. The third-order valence-corrected chi connectivity index (χ3v) is 1.51. The minimum atomic E-state index is 0.677. The molecule has 4 heteroatoms. The standard InChI is InChI=1S/C7H14N2OS/c1-7(8(2)3)9(4)5-6-11-10/h5-6,10H,1H2,2-4H3/b6-5-. The van der Waals surface area contributed by atoms with E-state index in [-0.39, 0.29) is 0 Å². The topological polar surface area (TPSA) is 26.7 Å². The van der Waals surface area contributed by atoms with Crippen LogP contribution >= 0.6 is 12.0 Å². The van der Waals surface area contributed by atoms with Crippen LogP contribution in [0.2, 0.25) is 0 Å². The van der Waals surface area contributed by atoms with Gasteiger partial charge in [-0.05, 0) is 0 Å². The van der Waals surface area contributed by atoms with E-state index < -0.39 is 0 Å². The summed E-state index contributed by atoms with van der Waals surface area (Å²) in [5, 5.41) is 1.58. The third-order valence-electron chi connectivity index (χ3n) is 1.27. The van der Waals surface area contributed by atoms with Gasteiger partial charge in [-0.1, -0.05) is 6.58 Å². The van der Waals surface area contributed by atoms with Crippen LogP contribution in [0.1, 0.15) is 0 Å². The zero-order chi connectivity index (χ0) is 8.85. The summed E-state index contributed by atoms with van der Waals surface area (Å²) < 4.78 is 8.40. The van der Waals surface area contributed by atoms with Gasteiger partial charge in [-0.2, -0.15) is 0 Å². The van der Waals surface area contributed by atoms with Crippen molar-refractivity contribution in [3.63, 3.8) is 0 Å². The Morgan fingerprint density at radius 1 is 1.45 bits per heavy atom. The second kappa shape index (κ2) is 5.09. The molecule has 0 aliphatic carbocycles. The SMILES string of the molecule is C=C(N(C)C)N(C)/C=C\SO. The molecule has 0 amide bonds. The van der Waals surface area contributed by atoms with Crippen LogP contribution in [0.25, 0.3) is 0 Å². The van der Waals surface area contributed by atoms with Crippen LogP contribution < -0.4 is 0 Å². The molecule has 0 aromatic heterocycles. The van der Waals surface area contributed by atoms with E-state index in [1.165, 1.54) is 0 Å². The summed E-state index contributed by atoms with van der Waals surface area (Å²) in [5.41, 5.74) is 0. The fourth-order valence-corrected chi connectivity index (χ4v) is 0.757. The maximum absolute atomic E-state index is 8.40. The summed E-state index contributed by atoms with van der Waals surface area (Å²) in [4.78, 5) is 3.72. The van der Waals surface area contributed by atoms with Gasteiger partial charge in [0.05, 0.1) is 5.82 Å². The summed E-state index contributed by atoms with van der Waals surface area (Å²) in [5.74, 6) is 0.871. The van der Waals surface area contributed by atoms with Crippen LogP contribution in [-0.2, 0) is 0 Å². The first kappa shape index (κ1) is 10.4. The molecule has 0 saturated carbocycles. The molecule has 0 heterocycles. The summed E-state index contributed by atoms with van der Waals surface area (Å²) >= 11 is 0.677. The van der Waals surface area contributed by atoms with E-state index in [2.05, 4.69) is 6.58 Å². The Balaban J connectivity index is 3.93. The lowest BCUT2D eigenvalue weighted by Crippen LogP contribution is -2.22. The van der Waals surface area contributed by atoms with E-state index >= 15 is 0 Å². The zero-order valence-electron chi connectivity index (χ0n) is 7.11. The van der Waals surface area contributed by atoms with Crippen molar-refractivity contribution in [3.8, 4) is 0 Å². The molecular weight excluding hydrogens is 160 g/mol. The smallest absolute Gasteiger partial charge is 0.0997 e. The molecule has 0 rings (SSSR count). The Morgan fingerprint density at radius 3 is 2.36 bits per heavy atom. The highest BCUT2D eigenvalue weighted by molar-refractivity contribution is 7.96. The number of nitrogens with zero attached hydrogens (tertiary/aromatic N) is 2. The van der Waals surface area contributed by atoms with Crippen LogP contribution in [0.5, 0.6) is 0 Å². The normalized spacial score (nSPS) is 10.2. The zero-order valence-corrected chi connectivity index (χ0v) is 7.93. The van der Waals surface area contributed by atoms with Crippen LogP contribution in [0, 0.1) is 0 Å². The fourth-order valence-electron chi connectivity index (χ4n) is 0.520. The second-order valence-corrected chi connectivity index (χ2v) is 2.80. The Bertz CT molecular complexity index is 157. The van der Waals surface area contributed by atoms with Gasteiger partial charge in [0, 0.05) is 44.8 Å². The number of hydrogen-bond acceptors (Lipinski definition) is 4. The van der Waals surface area contributed by atoms with Gasteiger partial charge in [-0.25, -0.2) is 0 Å². The molecular formula is C7H14N2OS. The Morgan fingerprint density at radius 2 is 2.00 bits per heavy atom. The highest BCUT2D eigenvalue weighted by Gasteiger charge is 1.97. The quantitative estimate of drug-likeness (QED) is 0.655. The minimum Gasteiger partial charge on any atom is -0.365 e. The molecule has 0 radical (unpaired) electrons. The maximum atomic E-state index is 8.40. The first-order valence-electron chi connectivity index (χ1n) is 3.15. The van der Waals surface area contributed by atoms with Gasteiger partial charge in [-0.15, -0.1) is 0 Å². The molecule has 0 atom stereocenters. The van der Waals surface area contributed by atoms with Gasteiger partial charge in [0.1, 0.15) is 0 Å². The first-order chi connectivity index (χ1) is 5.09. The summed E-state index contributed by atoms with van der Waals surface area (Å²) in [6.07, 6.45) is 1.74. The molecule has 3 nitrogen and oxygen atoms in total.